The van der Waals surface area contributed by atoms with E-state index in [-0.39, 0.29) is 32.4 Å². The predicted octanol–water partition coefficient (Wildman–Crippen LogP) is 3.58. The minimum absolute atomic E-state index is 0.00290. The molecule has 0 saturated heterocycles. The average molecular weight is 408 g/mol. The molecule has 6 nitrogen and oxygen atoms in total. The van der Waals surface area contributed by atoms with Crippen LogP contribution in [0.5, 0.6) is 0 Å². The zero-order valence-corrected chi connectivity index (χ0v) is 16.0. The van der Waals surface area contributed by atoms with Crippen molar-refractivity contribution in [3.8, 4) is 0 Å². The highest BCUT2D eigenvalue weighted by atomic mass is 35.5. The lowest BCUT2D eigenvalue weighted by molar-refractivity contribution is 0.100. The Kier molecular flexibility index (Phi) is 4.79. The van der Waals surface area contributed by atoms with Crippen LogP contribution in [0.1, 0.15) is 15.9 Å². The zero-order chi connectivity index (χ0) is 19.9. The van der Waals surface area contributed by atoms with E-state index in [1.807, 2.05) is 0 Å². The maximum Gasteiger partial charge on any atom is 0.252 e. The summed E-state index contributed by atoms with van der Waals surface area (Å²) in [6, 6.07) is 7.49. The Labute approximate surface area is 160 Å². The van der Waals surface area contributed by atoms with Gasteiger partial charge in [-0.05, 0) is 36.8 Å². The normalized spacial score (nSPS) is 11.6. The Morgan fingerprint density at radius 2 is 2.00 bits per heavy atom. The van der Waals surface area contributed by atoms with Crippen molar-refractivity contribution in [1.29, 1.82) is 0 Å². The number of carbonyl (C=O) groups excluding carboxylic acids is 1. The monoisotopic (exact) mass is 407 g/mol. The first kappa shape index (κ1) is 19.1. The smallest absolute Gasteiger partial charge is 0.252 e. The number of hydrogen-bond acceptors (Lipinski definition) is 5. The molecule has 0 atom stereocenters. The fourth-order valence-electron chi connectivity index (χ4n) is 2.75. The third-order valence-electron chi connectivity index (χ3n) is 3.96. The second-order valence-electron chi connectivity index (χ2n) is 6.07. The van der Waals surface area contributed by atoms with Crippen molar-refractivity contribution in [3.63, 3.8) is 0 Å². The number of rotatable bonds is 4. The van der Waals surface area contributed by atoms with Crippen molar-refractivity contribution >= 4 is 49.6 Å². The van der Waals surface area contributed by atoms with Gasteiger partial charge in [-0.25, -0.2) is 12.8 Å². The molecule has 0 bridgehead atoms. The molecule has 0 aliphatic rings. The maximum atomic E-state index is 14.3. The number of nitrogens with two attached hydrogens (primary N) is 1. The summed E-state index contributed by atoms with van der Waals surface area (Å²) in [5, 5.41) is 3.04. The number of nitrogens with one attached hydrogen (secondary N) is 1. The molecule has 3 N–H and O–H groups in total. The molecule has 9 heteroatoms. The molecule has 27 heavy (non-hydrogen) atoms. The highest BCUT2D eigenvalue weighted by molar-refractivity contribution is 7.91. The van der Waals surface area contributed by atoms with Crippen LogP contribution in [-0.2, 0) is 9.84 Å². The van der Waals surface area contributed by atoms with Crippen molar-refractivity contribution < 1.29 is 17.6 Å². The third-order valence-corrected chi connectivity index (χ3v) is 5.36. The summed E-state index contributed by atoms with van der Waals surface area (Å²) in [7, 11) is -3.59. The van der Waals surface area contributed by atoms with E-state index in [0.717, 1.165) is 6.26 Å². The summed E-state index contributed by atoms with van der Waals surface area (Å²) >= 11 is 5.81. The van der Waals surface area contributed by atoms with Gasteiger partial charge in [0.2, 0.25) is 0 Å². The quantitative estimate of drug-likeness (QED) is 0.688. The van der Waals surface area contributed by atoms with Crippen LogP contribution in [0.25, 0.3) is 10.9 Å². The SMILES string of the molecule is Cc1cc(S(C)(=O)=O)c2ncc(C(N)=O)c(Nc3cccc(Cl)c3F)c2c1. The van der Waals surface area contributed by atoms with E-state index in [2.05, 4.69) is 10.3 Å². The maximum absolute atomic E-state index is 14.3. The topological polar surface area (TPSA) is 102 Å². The highest BCUT2D eigenvalue weighted by Gasteiger charge is 2.21. The molecule has 0 aliphatic carbocycles. The van der Waals surface area contributed by atoms with E-state index in [4.69, 9.17) is 17.3 Å². The number of pyridine rings is 1. The minimum Gasteiger partial charge on any atom is -0.365 e. The lowest BCUT2D eigenvalue weighted by Crippen LogP contribution is -2.15. The zero-order valence-electron chi connectivity index (χ0n) is 14.4. The summed E-state index contributed by atoms with van der Waals surface area (Å²) in [6.07, 6.45) is 2.23. The number of amides is 1. The molecule has 0 fully saturated rings. The van der Waals surface area contributed by atoms with Crippen molar-refractivity contribution in [3.05, 3.63) is 58.5 Å². The molecule has 3 rings (SSSR count). The summed E-state index contributed by atoms with van der Waals surface area (Å²) in [5.74, 6) is -1.51. The molecule has 3 aromatic rings. The van der Waals surface area contributed by atoms with Gasteiger partial charge in [0.25, 0.3) is 5.91 Å². The van der Waals surface area contributed by atoms with Crippen LogP contribution in [-0.4, -0.2) is 25.6 Å². The molecule has 0 radical (unpaired) electrons. The number of aryl methyl sites for hydroxylation is 1. The van der Waals surface area contributed by atoms with Gasteiger partial charge in [-0.2, -0.15) is 0 Å². The molecule has 1 aromatic heterocycles. The molecule has 0 spiro atoms. The van der Waals surface area contributed by atoms with Gasteiger partial charge < -0.3 is 11.1 Å². The number of anilines is 2. The molecular weight excluding hydrogens is 393 g/mol. The van der Waals surface area contributed by atoms with Crippen LogP contribution >= 0.6 is 11.6 Å². The number of sulfone groups is 1. The first-order valence-electron chi connectivity index (χ1n) is 7.74. The van der Waals surface area contributed by atoms with Gasteiger partial charge >= 0.3 is 0 Å². The van der Waals surface area contributed by atoms with Crippen molar-refractivity contribution in [2.24, 2.45) is 5.73 Å². The van der Waals surface area contributed by atoms with Crippen LogP contribution in [0.15, 0.2) is 41.4 Å². The van der Waals surface area contributed by atoms with E-state index in [1.54, 1.807) is 13.0 Å². The van der Waals surface area contributed by atoms with E-state index >= 15 is 0 Å². The number of primary amides is 1. The largest absolute Gasteiger partial charge is 0.365 e. The molecule has 0 aliphatic heterocycles. The minimum atomic E-state index is -3.59. The van der Waals surface area contributed by atoms with Crippen molar-refractivity contribution in [2.45, 2.75) is 11.8 Å². The molecule has 1 amide bonds. The second kappa shape index (κ2) is 6.79. The van der Waals surface area contributed by atoms with E-state index in [1.165, 1.54) is 30.5 Å². The number of fused-ring (bicyclic) bond motifs is 1. The number of carbonyl (C=O) groups is 1. The van der Waals surface area contributed by atoms with Gasteiger partial charge in [0.1, 0.15) is 0 Å². The standard InChI is InChI=1S/C18H15ClFN3O3S/c1-9-6-10-16(23-13-5-3-4-12(19)15(13)20)11(18(21)24)8-22-17(10)14(7-9)27(2,25)26/h3-8H,1-2H3,(H2,21,24)(H,22,23). The van der Waals surface area contributed by atoms with Gasteiger partial charge in [0, 0.05) is 17.8 Å². The number of hydrogen-bond donors (Lipinski definition) is 2. The first-order valence-corrected chi connectivity index (χ1v) is 10.0. The average Bonchev–Trinajstić information content (AvgIpc) is 2.57. The number of nitrogens with zero attached hydrogens (tertiary/aromatic N) is 1. The number of halogens is 2. The van der Waals surface area contributed by atoms with Crippen LogP contribution in [0.2, 0.25) is 5.02 Å². The van der Waals surface area contributed by atoms with E-state index in [9.17, 15) is 17.6 Å². The van der Waals surface area contributed by atoms with E-state index < -0.39 is 21.6 Å². The van der Waals surface area contributed by atoms with Gasteiger partial charge in [-0.15, -0.1) is 0 Å². The Morgan fingerprint density at radius 3 is 2.63 bits per heavy atom. The molecule has 140 valence electrons. The summed E-state index contributed by atoms with van der Waals surface area (Å²) in [6.45, 7) is 1.70. The lowest BCUT2D eigenvalue weighted by Gasteiger charge is -2.16. The third kappa shape index (κ3) is 3.58. The molecular formula is C18H15ClFN3O3S. The van der Waals surface area contributed by atoms with Crippen LogP contribution in [0, 0.1) is 12.7 Å². The van der Waals surface area contributed by atoms with Gasteiger partial charge in [0.15, 0.2) is 15.7 Å². The summed E-state index contributed by atoms with van der Waals surface area (Å²) in [4.78, 5) is 16.0. The second-order valence-corrected chi connectivity index (χ2v) is 8.46. The van der Waals surface area contributed by atoms with Crippen LogP contribution in [0.4, 0.5) is 15.8 Å². The van der Waals surface area contributed by atoms with Crippen molar-refractivity contribution in [1.82, 2.24) is 4.98 Å². The van der Waals surface area contributed by atoms with Crippen molar-refractivity contribution in [2.75, 3.05) is 11.6 Å². The Hall–Kier alpha value is -2.71. The van der Waals surface area contributed by atoms with E-state index in [0.29, 0.717) is 10.9 Å². The Balaban J connectivity index is 2.38. The fourth-order valence-corrected chi connectivity index (χ4v) is 3.84. The molecule has 2 aromatic carbocycles. The van der Waals surface area contributed by atoms with Crippen LogP contribution < -0.4 is 11.1 Å². The number of benzene rings is 2. The van der Waals surface area contributed by atoms with Gasteiger partial charge in [-0.3, -0.25) is 9.78 Å². The number of aromatic nitrogens is 1. The van der Waals surface area contributed by atoms with Gasteiger partial charge in [-0.1, -0.05) is 17.7 Å². The highest BCUT2D eigenvalue weighted by Crippen LogP contribution is 2.34. The molecule has 1 heterocycles. The van der Waals surface area contributed by atoms with Gasteiger partial charge in [0.05, 0.1) is 32.4 Å². The fraction of sp³-hybridized carbons (Fsp3) is 0.111. The predicted molar refractivity (Wildman–Crippen MR) is 103 cm³/mol. The van der Waals surface area contributed by atoms with Crippen LogP contribution in [0.3, 0.4) is 0 Å². The lowest BCUT2D eigenvalue weighted by atomic mass is 10.1. The molecule has 0 unspecified atom stereocenters. The molecule has 0 saturated carbocycles. The summed E-state index contributed by atoms with van der Waals surface area (Å²) in [5.41, 5.74) is 6.37. The first-order chi connectivity index (χ1) is 12.6. The Morgan fingerprint density at radius 1 is 1.30 bits per heavy atom. The summed E-state index contributed by atoms with van der Waals surface area (Å²) < 4.78 is 38.7. The Bertz CT molecular complexity index is 1200.